The van der Waals surface area contributed by atoms with Crippen LogP contribution in [-0.4, -0.2) is 31.0 Å². The Morgan fingerprint density at radius 3 is 2.95 bits per heavy atom. The van der Waals surface area contributed by atoms with Crippen molar-refractivity contribution in [3.63, 3.8) is 0 Å². The second-order valence-electron chi connectivity index (χ2n) is 6.41. The van der Waals surface area contributed by atoms with Gasteiger partial charge in [0.05, 0.1) is 6.33 Å². The van der Waals surface area contributed by atoms with Gasteiger partial charge in [-0.05, 0) is 48.0 Å². The molecular formula is C14H17N5S. The van der Waals surface area contributed by atoms with Gasteiger partial charge in [0.1, 0.15) is 11.8 Å². The van der Waals surface area contributed by atoms with Crippen molar-refractivity contribution >= 4 is 28.7 Å². The van der Waals surface area contributed by atoms with Gasteiger partial charge in [-0.2, -0.15) is 11.8 Å². The molecule has 2 aromatic heterocycles. The Balaban J connectivity index is 1.59. The largest absolute Gasteiger partial charge is 0.382 e. The Morgan fingerprint density at radius 1 is 1.10 bits per heavy atom. The molecule has 3 aliphatic rings. The van der Waals surface area contributed by atoms with Crippen LogP contribution in [0.3, 0.4) is 0 Å². The molecule has 0 aromatic carbocycles. The van der Waals surface area contributed by atoms with Crippen molar-refractivity contribution in [2.24, 2.45) is 23.7 Å². The molecule has 20 heavy (non-hydrogen) atoms. The van der Waals surface area contributed by atoms with E-state index in [-0.39, 0.29) is 0 Å². The fraction of sp³-hybridized carbons (Fsp3) is 0.643. The number of fused-ring (bicyclic) bond motifs is 6. The van der Waals surface area contributed by atoms with Crippen LogP contribution >= 0.6 is 11.8 Å². The number of rotatable bonds is 1. The minimum atomic E-state index is 0.492. The van der Waals surface area contributed by atoms with Gasteiger partial charge in [-0.15, -0.1) is 0 Å². The first-order valence-electron chi connectivity index (χ1n) is 7.33. The van der Waals surface area contributed by atoms with Crippen molar-refractivity contribution in [3.05, 3.63) is 12.7 Å². The summed E-state index contributed by atoms with van der Waals surface area (Å²) in [5.74, 6) is 6.86. The van der Waals surface area contributed by atoms with E-state index in [1.54, 1.807) is 6.33 Å². The average Bonchev–Trinajstić information content (AvgIpc) is 3.19. The van der Waals surface area contributed by atoms with E-state index < -0.39 is 0 Å². The lowest BCUT2D eigenvalue weighted by Crippen LogP contribution is -2.28. The molecule has 2 N–H and O–H groups in total. The number of nitrogen functional groups attached to an aromatic ring is 1. The van der Waals surface area contributed by atoms with Crippen LogP contribution < -0.4 is 5.73 Å². The lowest BCUT2D eigenvalue weighted by Gasteiger charge is -2.31. The zero-order chi connectivity index (χ0) is 13.3. The third-order valence-corrected chi connectivity index (χ3v) is 6.92. The Labute approximate surface area is 121 Å². The Hall–Kier alpha value is -1.30. The predicted octanol–water partition coefficient (Wildman–Crippen LogP) is 1.97. The monoisotopic (exact) mass is 287 g/mol. The van der Waals surface area contributed by atoms with Gasteiger partial charge in [-0.1, -0.05) is 0 Å². The van der Waals surface area contributed by atoms with Crippen molar-refractivity contribution in [2.45, 2.75) is 18.9 Å². The van der Waals surface area contributed by atoms with Crippen LogP contribution in [0.1, 0.15) is 18.9 Å². The fourth-order valence-corrected chi connectivity index (χ4v) is 6.54. The summed E-state index contributed by atoms with van der Waals surface area (Å²) in [5.41, 5.74) is 7.57. The minimum absolute atomic E-state index is 0.492. The highest BCUT2D eigenvalue weighted by Crippen LogP contribution is 2.61. The summed E-state index contributed by atoms with van der Waals surface area (Å²) in [6, 6.07) is 0.569. The molecule has 104 valence electrons. The molecule has 0 amide bonds. The van der Waals surface area contributed by atoms with Gasteiger partial charge >= 0.3 is 0 Å². The fourth-order valence-electron chi connectivity index (χ4n) is 4.84. The van der Waals surface area contributed by atoms with Crippen molar-refractivity contribution < 1.29 is 0 Å². The highest BCUT2D eigenvalue weighted by Gasteiger charge is 2.54. The number of hydrogen-bond donors (Lipinski definition) is 1. The van der Waals surface area contributed by atoms with Crippen LogP contribution in [0.4, 0.5) is 5.82 Å². The van der Waals surface area contributed by atoms with Crippen LogP contribution in [0.25, 0.3) is 11.2 Å². The Kier molecular flexibility index (Phi) is 2.20. The molecule has 3 heterocycles. The van der Waals surface area contributed by atoms with Gasteiger partial charge < -0.3 is 10.3 Å². The number of nitrogens with zero attached hydrogens (tertiary/aromatic N) is 4. The smallest absolute Gasteiger partial charge is 0.165 e. The lowest BCUT2D eigenvalue weighted by molar-refractivity contribution is 0.210. The zero-order valence-corrected chi connectivity index (χ0v) is 12.0. The molecule has 6 heteroatoms. The maximum Gasteiger partial charge on any atom is 0.165 e. The highest BCUT2D eigenvalue weighted by molar-refractivity contribution is 7.99. The number of hydrogen-bond acceptors (Lipinski definition) is 5. The van der Waals surface area contributed by atoms with Crippen LogP contribution in [0, 0.1) is 23.7 Å². The van der Waals surface area contributed by atoms with Gasteiger partial charge in [0, 0.05) is 6.04 Å². The zero-order valence-electron chi connectivity index (χ0n) is 11.1. The van der Waals surface area contributed by atoms with E-state index in [0.29, 0.717) is 11.9 Å². The summed E-state index contributed by atoms with van der Waals surface area (Å²) in [4.78, 5) is 12.9. The van der Waals surface area contributed by atoms with Crippen LogP contribution in [0.2, 0.25) is 0 Å². The first kappa shape index (κ1) is 11.4. The predicted molar refractivity (Wildman–Crippen MR) is 79.3 cm³/mol. The van der Waals surface area contributed by atoms with Crippen LogP contribution in [0.15, 0.2) is 12.7 Å². The lowest BCUT2D eigenvalue weighted by atomic mass is 9.79. The van der Waals surface area contributed by atoms with Gasteiger partial charge in [-0.25, -0.2) is 15.0 Å². The van der Waals surface area contributed by atoms with Crippen LogP contribution in [-0.2, 0) is 0 Å². The maximum atomic E-state index is 5.90. The number of aromatic nitrogens is 4. The van der Waals surface area contributed by atoms with E-state index in [1.807, 2.05) is 6.33 Å². The van der Waals surface area contributed by atoms with E-state index in [4.69, 9.17) is 5.73 Å². The molecule has 2 bridgehead atoms. The molecule has 5 rings (SSSR count). The number of nitrogens with two attached hydrogens (primary N) is 1. The maximum absolute atomic E-state index is 5.90. The van der Waals surface area contributed by atoms with Crippen molar-refractivity contribution in [3.8, 4) is 0 Å². The first-order chi connectivity index (χ1) is 9.83. The van der Waals surface area contributed by atoms with Crippen molar-refractivity contribution in [2.75, 3.05) is 17.2 Å². The van der Waals surface area contributed by atoms with E-state index in [2.05, 4.69) is 31.3 Å². The number of anilines is 1. The molecule has 1 aliphatic heterocycles. The normalized spacial score (nSPS) is 38.7. The van der Waals surface area contributed by atoms with Gasteiger partial charge in [0.25, 0.3) is 0 Å². The molecule has 1 saturated heterocycles. The molecule has 3 fully saturated rings. The summed E-state index contributed by atoms with van der Waals surface area (Å²) in [7, 11) is 0. The second-order valence-corrected chi connectivity index (χ2v) is 7.49. The highest BCUT2D eigenvalue weighted by atomic mass is 32.2. The van der Waals surface area contributed by atoms with E-state index in [0.717, 1.165) is 34.8 Å². The third kappa shape index (κ3) is 1.33. The average molecular weight is 287 g/mol. The summed E-state index contributed by atoms with van der Waals surface area (Å²) in [5, 5.41) is 0. The minimum Gasteiger partial charge on any atom is -0.382 e. The summed E-state index contributed by atoms with van der Waals surface area (Å²) >= 11 is 2.15. The van der Waals surface area contributed by atoms with Gasteiger partial charge in [-0.3, -0.25) is 0 Å². The van der Waals surface area contributed by atoms with Gasteiger partial charge in [0.15, 0.2) is 11.5 Å². The second kappa shape index (κ2) is 3.87. The van der Waals surface area contributed by atoms with E-state index in [1.165, 1.54) is 24.3 Å². The Bertz CT molecular complexity index is 683. The third-order valence-electron chi connectivity index (χ3n) is 5.68. The van der Waals surface area contributed by atoms with Crippen LogP contribution in [0.5, 0.6) is 0 Å². The topological polar surface area (TPSA) is 69.6 Å². The molecule has 0 spiro atoms. The molecular weight excluding hydrogens is 270 g/mol. The van der Waals surface area contributed by atoms with E-state index in [9.17, 15) is 0 Å². The summed E-state index contributed by atoms with van der Waals surface area (Å²) in [6.45, 7) is 0. The van der Waals surface area contributed by atoms with E-state index >= 15 is 0 Å². The molecule has 0 radical (unpaired) electrons. The first-order valence-corrected chi connectivity index (χ1v) is 8.49. The molecule has 5 atom stereocenters. The summed E-state index contributed by atoms with van der Waals surface area (Å²) < 4.78 is 2.28. The summed E-state index contributed by atoms with van der Waals surface area (Å²) in [6.07, 6.45) is 6.18. The molecule has 5 nitrogen and oxygen atoms in total. The quantitative estimate of drug-likeness (QED) is 0.868. The Morgan fingerprint density at radius 2 is 2.00 bits per heavy atom. The molecule has 2 aliphatic carbocycles. The number of thioether (sulfide) groups is 1. The molecule has 0 unspecified atom stereocenters. The SMILES string of the molecule is Nc1ncnc2c1ncn2[C@@H]1C[C@@H]2C[C@H]1[C@@H]1CSC[C@H]21. The standard InChI is InChI=1S/C14H17N5S/c15-13-12-14(17-5-16-13)19(6-18-12)11-2-7-1-8(11)10-4-20-3-9(7)10/h5-11H,1-4H2,(H2,15,16,17)/t7-,8-,9+,10-,11+/m0/s1. The van der Waals surface area contributed by atoms with Crippen molar-refractivity contribution in [1.29, 1.82) is 0 Å². The number of imidazole rings is 1. The van der Waals surface area contributed by atoms with Crippen molar-refractivity contribution in [1.82, 2.24) is 19.5 Å². The molecule has 2 saturated carbocycles. The molecule has 2 aromatic rings. The van der Waals surface area contributed by atoms with Gasteiger partial charge in [0.2, 0.25) is 0 Å².